The van der Waals surface area contributed by atoms with Crippen molar-refractivity contribution in [1.82, 2.24) is 0 Å². The van der Waals surface area contributed by atoms with Crippen molar-refractivity contribution in [2.45, 2.75) is 0 Å². The van der Waals surface area contributed by atoms with Crippen LogP contribution >= 0.6 is 39.3 Å². The molecule has 0 radical (unpaired) electrons. The van der Waals surface area contributed by atoms with Crippen molar-refractivity contribution >= 4 is 50.3 Å². The van der Waals surface area contributed by atoms with E-state index >= 15 is 0 Å². The largest absolute Gasteiger partial charge is 0.383 e. The summed E-state index contributed by atoms with van der Waals surface area (Å²) in [5.74, 6) is 0.256. The van der Waals surface area contributed by atoms with Gasteiger partial charge in [0.15, 0.2) is 5.17 Å². The van der Waals surface area contributed by atoms with Gasteiger partial charge in [0, 0.05) is 10.0 Å². The highest BCUT2D eigenvalue weighted by Crippen LogP contribution is 2.21. The molecule has 15 heavy (non-hydrogen) atoms. The predicted molar refractivity (Wildman–Crippen MR) is 71.1 cm³/mol. The number of amidine groups is 2. The van der Waals surface area contributed by atoms with Gasteiger partial charge in [-0.25, -0.2) is 4.99 Å². The monoisotopic (exact) mass is 305 g/mol. The number of nitrogens with one attached hydrogen (secondary N) is 1. The molecular formula is C9H9BrClN3S. The van der Waals surface area contributed by atoms with Gasteiger partial charge in [0.25, 0.3) is 0 Å². The smallest absolute Gasteiger partial charge is 0.181 e. The Kier molecular flexibility index (Phi) is 4.63. The highest BCUT2D eigenvalue weighted by Gasteiger charge is 2.05. The summed E-state index contributed by atoms with van der Waals surface area (Å²) < 4.78 is 0.879. The van der Waals surface area contributed by atoms with Gasteiger partial charge in [-0.1, -0.05) is 39.3 Å². The minimum atomic E-state index is 0.159. The number of hydrogen-bond acceptors (Lipinski definition) is 2. The summed E-state index contributed by atoms with van der Waals surface area (Å²) >= 11 is 10.5. The molecule has 0 fully saturated rings. The van der Waals surface area contributed by atoms with Crippen molar-refractivity contribution in [3.8, 4) is 0 Å². The highest BCUT2D eigenvalue weighted by atomic mass is 79.9. The quantitative estimate of drug-likeness (QED) is 0.618. The minimum Gasteiger partial charge on any atom is -0.383 e. The average molecular weight is 307 g/mol. The van der Waals surface area contributed by atoms with Crippen LogP contribution < -0.4 is 5.73 Å². The summed E-state index contributed by atoms with van der Waals surface area (Å²) in [4.78, 5) is 3.90. The van der Waals surface area contributed by atoms with Crippen molar-refractivity contribution in [3.63, 3.8) is 0 Å². The summed E-state index contributed by atoms with van der Waals surface area (Å²) in [5, 5.41) is 8.05. The molecule has 80 valence electrons. The van der Waals surface area contributed by atoms with E-state index in [0.29, 0.717) is 10.6 Å². The molecular weight excluding hydrogens is 298 g/mol. The van der Waals surface area contributed by atoms with E-state index in [9.17, 15) is 0 Å². The Labute approximate surface area is 106 Å². The van der Waals surface area contributed by atoms with E-state index in [2.05, 4.69) is 20.9 Å². The summed E-state index contributed by atoms with van der Waals surface area (Å²) in [6.45, 7) is 0. The molecule has 0 saturated carbocycles. The minimum absolute atomic E-state index is 0.159. The van der Waals surface area contributed by atoms with Crippen LogP contribution in [0.5, 0.6) is 0 Å². The van der Waals surface area contributed by atoms with Gasteiger partial charge in [0.1, 0.15) is 5.84 Å². The van der Waals surface area contributed by atoms with Crippen molar-refractivity contribution in [1.29, 1.82) is 5.41 Å². The fourth-order valence-corrected chi connectivity index (χ4v) is 1.87. The first-order chi connectivity index (χ1) is 7.04. The number of benzene rings is 1. The number of nitrogens with zero attached hydrogens (tertiary/aromatic N) is 1. The Balaban J connectivity index is 3.06. The molecule has 0 aliphatic rings. The number of thioether (sulfide) groups is 1. The van der Waals surface area contributed by atoms with Gasteiger partial charge >= 0.3 is 0 Å². The van der Waals surface area contributed by atoms with E-state index in [1.807, 2.05) is 6.07 Å². The summed E-state index contributed by atoms with van der Waals surface area (Å²) in [6.07, 6.45) is 1.77. The Morgan fingerprint density at radius 2 is 2.27 bits per heavy atom. The molecule has 1 aromatic rings. The summed E-state index contributed by atoms with van der Waals surface area (Å²) in [6, 6.07) is 5.33. The Morgan fingerprint density at radius 3 is 2.80 bits per heavy atom. The fraction of sp³-hybridized carbons (Fsp3) is 0.111. The average Bonchev–Trinajstić information content (AvgIpc) is 2.17. The highest BCUT2D eigenvalue weighted by molar-refractivity contribution is 9.10. The third kappa shape index (κ3) is 3.52. The van der Waals surface area contributed by atoms with Crippen LogP contribution in [0.3, 0.4) is 0 Å². The number of nitrogens with two attached hydrogens (primary N) is 1. The van der Waals surface area contributed by atoms with Crippen molar-refractivity contribution in [3.05, 3.63) is 33.3 Å². The number of aliphatic imine (C=N–C) groups is 1. The molecule has 0 bridgehead atoms. The molecule has 6 heteroatoms. The molecule has 3 nitrogen and oxygen atoms in total. The van der Waals surface area contributed by atoms with Crippen LogP contribution in [0.1, 0.15) is 5.56 Å². The van der Waals surface area contributed by atoms with E-state index in [-0.39, 0.29) is 11.0 Å². The van der Waals surface area contributed by atoms with Gasteiger partial charge in [-0.15, -0.1) is 0 Å². The second-order valence-electron chi connectivity index (χ2n) is 2.63. The van der Waals surface area contributed by atoms with Gasteiger partial charge in [-0.05, 0) is 24.5 Å². The SMILES string of the molecule is CSC(=N)N=C(N)c1ccc(Br)cc1Cl. The lowest BCUT2D eigenvalue weighted by atomic mass is 10.2. The maximum Gasteiger partial charge on any atom is 0.181 e. The van der Waals surface area contributed by atoms with E-state index in [4.69, 9.17) is 22.7 Å². The first-order valence-electron chi connectivity index (χ1n) is 3.96. The zero-order valence-electron chi connectivity index (χ0n) is 7.92. The van der Waals surface area contributed by atoms with Gasteiger partial charge in [-0.2, -0.15) is 0 Å². The van der Waals surface area contributed by atoms with Gasteiger partial charge in [0.05, 0.1) is 5.02 Å². The van der Waals surface area contributed by atoms with Crippen molar-refractivity contribution < 1.29 is 0 Å². The second-order valence-corrected chi connectivity index (χ2v) is 4.75. The fourth-order valence-electron chi connectivity index (χ4n) is 0.912. The number of hydrogen-bond donors (Lipinski definition) is 2. The van der Waals surface area contributed by atoms with E-state index < -0.39 is 0 Å². The second kappa shape index (κ2) is 5.53. The van der Waals surface area contributed by atoms with Crippen LogP contribution in [0.2, 0.25) is 5.02 Å². The number of halogens is 2. The van der Waals surface area contributed by atoms with Gasteiger partial charge < -0.3 is 5.73 Å². The topological polar surface area (TPSA) is 62.2 Å². The lowest BCUT2D eigenvalue weighted by Gasteiger charge is -2.03. The Morgan fingerprint density at radius 1 is 1.60 bits per heavy atom. The first kappa shape index (κ1) is 12.5. The van der Waals surface area contributed by atoms with Crippen LogP contribution in [-0.4, -0.2) is 17.3 Å². The Hall–Kier alpha value is -0.520. The molecule has 0 unspecified atom stereocenters. The standard InChI is InChI=1S/C9H9BrClN3S/c1-15-9(13)14-8(12)6-3-2-5(10)4-7(6)11/h2-4H,1H3,(H3,12,13,14). The molecule has 1 rings (SSSR count). The Bertz CT molecular complexity index is 420. The first-order valence-corrected chi connectivity index (χ1v) is 6.36. The maximum atomic E-state index is 7.37. The van der Waals surface area contributed by atoms with Gasteiger partial charge in [-0.3, -0.25) is 5.41 Å². The molecule has 0 aromatic heterocycles. The molecule has 0 heterocycles. The van der Waals surface area contributed by atoms with Crippen LogP contribution in [0.25, 0.3) is 0 Å². The van der Waals surface area contributed by atoms with Crippen LogP contribution in [0.15, 0.2) is 27.7 Å². The van der Waals surface area contributed by atoms with E-state index in [1.165, 1.54) is 11.8 Å². The maximum absolute atomic E-state index is 7.37. The predicted octanol–water partition coefficient (Wildman–Crippen LogP) is 3.11. The van der Waals surface area contributed by atoms with Crippen LogP contribution in [0, 0.1) is 5.41 Å². The summed E-state index contributed by atoms with van der Waals surface area (Å²) in [5.41, 5.74) is 6.36. The molecule has 0 saturated heterocycles. The number of rotatable bonds is 1. The lowest BCUT2D eigenvalue weighted by molar-refractivity contribution is 1.46. The zero-order chi connectivity index (χ0) is 11.4. The van der Waals surface area contributed by atoms with Crippen LogP contribution in [0.4, 0.5) is 0 Å². The molecule has 3 N–H and O–H groups in total. The van der Waals surface area contributed by atoms with Crippen molar-refractivity contribution in [2.75, 3.05) is 6.26 Å². The molecule has 1 aromatic carbocycles. The molecule has 0 spiro atoms. The molecule has 0 aliphatic carbocycles. The van der Waals surface area contributed by atoms with Gasteiger partial charge in [0.2, 0.25) is 0 Å². The lowest BCUT2D eigenvalue weighted by Crippen LogP contribution is -2.15. The third-order valence-corrected chi connectivity index (χ3v) is 2.91. The molecule has 0 atom stereocenters. The molecule has 0 amide bonds. The normalized spacial score (nSPS) is 11.5. The summed E-state index contributed by atoms with van der Waals surface area (Å²) in [7, 11) is 0. The van der Waals surface area contributed by atoms with E-state index in [0.717, 1.165) is 4.47 Å². The third-order valence-electron chi connectivity index (χ3n) is 1.62. The zero-order valence-corrected chi connectivity index (χ0v) is 11.1. The molecule has 0 aliphatic heterocycles. The van der Waals surface area contributed by atoms with Crippen molar-refractivity contribution in [2.24, 2.45) is 10.7 Å². The van der Waals surface area contributed by atoms with E-state index in [1.54, 1.807) is 18.4 Å². The van der Waals surface area contributed by atoms with Crippen LogP contribution in [-0.2, 0) is 0 Å².